The summed E-state index contributed by atoms with van der Waals surface area (Å²) in [6.07, 6.45) is 0.622. The van der Waals surface area contributed by atoms with Crippen LogP contribution >= 0.6 is 11.6 Å². The summed E-state index contributed by atoms with van der Waals surface area (Å²) in [5.74, 6) is 0.852. The topological polar surface area (TPSA) is 155 Å². The molecule has 4 aromatic rings. The van der Waals surface area contributed by atoms with Crippen LogP contribution in [0.4, 0.5) is 5.69 Å². The van der Waals surface area contributed by atoms with Crippen LogP contribution in [0.1, 0.15) is 30.7 Å². The number of carbonyl (C=O) groups excluding carboxylic acids is 1. The minimum absolute atomic E-state index is 0.0710. The van der Waals surface area contributed by atoms with Gasteiger partial charge in [-0.3, -0.25) is 30.5 Å². The Balaban J connectivity index is 0.000000201. The van der Waals surface area contributed by atoms with Crippen molar-refractivity contribution >= 4 is 51.5 Å². The van der Waals surface area contributed by atoms with Gasteiger partial charge in [0.25, 0.3) is 0 Å². The van der Waals surface area contributed by atoms with E-state index in [1.807, 2.05) is 42.5 Å². The number of rotatable bonds is 5. The molecule has 5 N–H and O–H groups in total. The van der Waals surface area contributed by atoms with E-state index in [1.54, 1.807) is 37.1 Å². The van der Waals surface area contributed by atoms with Crippen molar-refractivity contribution in [2.24, 2.45) is 4.99 Å². The van der Waals surface area contributed by atoms with E-state index in [-0.39, 0.29) is 35.6 Å². The molecule has 0 spiro atoms. The number of aromatic nitrogens is 1. The summed E-state index contributed by atoms with van der Waals surface area (Å²) in [4.78, 5) is 21.3. The zero-order valence-corrected chi connectivity index (χ0v) is 24.2. The number of pyridine rings is 1. The number of amidine groups is 2. The molecule has 1 aromatic heterocycles. The molecule has 1 aliphatic heterocycles. The average Bonchev–Trinajstić information content (AvgIpc) is 3.11. The fourth-order valence-electron chi connectivity index (χ4n) is 4.44. The highest BCUT2D eigenvalue weighted by Gasteiger charge is 2.25. The number of nitrogens with one attached hydrogen (secondary N) is 3. The molecule has 0 atom stereocenters. The number of anilines is 1. The Morgan fingerprint density at radius 3 is 2.48 bits per heavy atom. The number of aromatic hydroxyl groups is 2. The third-order valence-corrected chi connectivity index (χ3v) is 6.70. The zero-order valence-electron chi connectivity index (χ0n) is 23.4. The highest BCUT2D eigenvalue weighted by atomic mass is 35.5. The largest absolute Gasteiger partial charge is 0.504 e. The Morgan fingerprint density at radius 2 is 1.81 bits per heavy atom. The van der Waals surface area contributed by atoms with Crippen molar-refractivity contribution in [2.45, 2.75) is 20.3 Å². The van der Waals surface area contributed by atoms with Crippen LogP contribution in [-0.4, -0.2) is 58.7 Å². The van der Waals surface area contributed by atoms with Crippen molar-refractivity contribution in [1.82, 2.24) is 10.3 Å². The Hall–Kier alpha value is -4.96. The van der Waals surface area contributed by atoms with Crippen LogP contribution in [-0.2, 0) is 11.2 Å². The first kappa shape index (κ1) is 30.0. The SMILES string of the molecule is CC(=O)NCCc1ccc2c(O)c(O)ccc2n1.COc1ccc2c(c1)C(c1ccc(Cl)cc1)=NCC(=N)N2C(C)=N. The maximum Gasteiger partial charge on any atom is 0.216 e. The van der Waals surface area contributed by atoms with E-state index in [4.69, 9.17) is 27.2 Å². The molecule has 3 aromatic carbocycles. The summed E-state index contributed by atoms with van der Waals surface area (Å²) in [7, 11) is 1.61. The minimum atomic E-state index is -0.159. The maximum absolute atomic E-state index is 10.7. The number of carbonyl (C=O) groups is 1. The molecule has 0 fully saturated rings. The lowest BCUT2D eigenvalue weighted by molar-refractivity contribution is -0.118. The number of nitrogens with zero attached hydrogens (tertiary/aromatic N) is 3. The number of fused-ring (bicyclic) bond motifs is 2. The molecular weight excluding hydrogens is 556 g/mol. The number of methoxy groups -OCH3 is 1. The van der Waals surface area contributed by atoms with Gasteiger partial charge >= 0.3 is 0 Å². The predicted octanol–water partition coefficient (Wildman–Crippen LogP) is 5.31. The van der Waals surface area contributed by atoms with Gasteiger partial charge in [-0.15, -0.1) is 0 Å². The molecule has 1 aliphatic rings. The van der Waals surface area contributed by atoms with Gasteiger partial charge in [-0.2, -0.15) is 0 Å². The molecule has 0 aliphatic carbocycles. The molecule has 0 unspecified atom stereocenters. The fourth-order valence-corrected chi connectivity index (χ4v) is 4.57. The number of amides is 1. The van der Waals surface area contributed by atoms with Gasteiger partial charge in [0.1, 0.15) is 17.4 Å². The first-order valence-electron chi connectivity index (χ1n) is 13.1. The van der Waals surface area contributed by atoms with E-state index in [0.717, 1.165) is 28.2 Å². The van der Waals surface area contributed by atoms with Crippen molar-refractivity contribution < 1.29 is 19.7 Å². The lowest BCUT2D eigenvalue weighted by atomic mass is 9.99. The summed E-state index contributed by atoms with van der Waals surface area (Å²) >= 11 is 5.99. The Morgan fingerprint density at radius 1 is 1.07 bits per heavy atom. The second-order valence-electron chi connectivity index (χ2n) is 9.46. The molecule has 2 heterocycles. The van der Waals surface area contributed by atoms with Gasteiger partial charge < -0.3 is 20.3 Å². The zero-order chi connectivity index (χ0) is 30.4. The molecule has 0 radical (unpaired) electrons. The van der Waals surface area contributed by atoms with Crippen LogP contribution in [0.3, 0.4) is 0 Å². The number of hydrogen-bond acceptors (Lipinski definition) is 8. The number of aliphatic imine (C=N–C) groups is 1. The number of benzodiazepines with no additional fused rings is 1. The lowest BCUT2D eigenvalue weighted by Crippen LogP contribution is -2.35. The molecule has 0 saturated carbocycles. The summed E-state index contributed by atoms with van der Waals surface area (Å²) < 4.78 is 5.34. The number of benzene rings is 3. The van der Waals surface area contributed by atoms with E-state index in [9.17, 15) is 15.0 Å². The quantitative estimate of drug-likeness (QED) is 0.121. The first-order valence-corrected chi connectivity index (χ1v) is 13.4. The van der Waals surface area contributed by atoms with Gasteiger partial charge in [0.15, 0.2) is 11.5 Å². The van der Waals surface area contributed by atoms with E-state index in [2.05, 4.69) is 15.3 Å². The van der Waals surface area contributed by atoms with E-state index >= 15 is 0 Å². The molecule has 11 heteroatoms. The van der Waals surface area contributed by atoms with Crippen LogP contribution in [0.2, 0.25) is 5.02 Å². The van der Waals surface area contributed by atoms with Crippen molar-refractivity contribution in [3.63, 3.8) is 0 Å². The highest BCUT2D eigenvalue weighted by molar-refractivity contribution is 6.31. The van der Waals surface area contributed by atoms with E-state index in [0.29, 0.717) is 34.6 Å². The van der Waals surface area contributed by atoms with Gasteiger partial charge in [-0.05, 0) is 61.5 Å². The molecule has 5 rings (SSSR count). The Kier molecular flexibility index (Phi) is 9.39. The predicted molar refractivity (Wildman–Crippen MR) is 166 cm³/mol. The normalized spacial score (nSPS) is 12.4. The third kappa shape index (κ3) is 6.84. The Bertz CT molecular complexity index is 1690. The molecule has 0 saturated heterocycles. The number of halogens is 1. The molecule has 0 bridgehead atoms. The van der Waals surface area contributed by atoms with Crippen LogP contribution in [0, 0.1) is 10.8 Å². The fraction of sp³-hybridized carbons (Fsp3) is 0.194. The molecular formula is C31H31ClN6O4. The summed E-state index contributed by atoms with van der Waals surface area (Å²) in [5, 5.41) is 39.2. The van der Waals surface area contributed by atoms with Crippen molar-refractivity contribution in [3.05, 3.63) is 88.6 Å². The minimum Gasteiger partial charge on any atom is -0.504 e. The third-order valence-electron chi connectivity index (χ3n) is 6.44. The van der Waals surface area contributed by atoms with Crippen molar-refractivity contribution in [3.8, 4) is 17.2 Å². The van der Waals surface area contributed by atoms with Gasteiger partial charge in [-0.1, -0.05) is 23.7 Å². The number of hydrogen-bond donors (Lipinski definition) is 5. The first-order chi connectivity index (χ1) is 20.1. The van der Waals surface area contributed by atoms with Crippen molar-refractivity contribution in [1.29, 1.82) is 10.8 Å². The molecule has 216 valence electrons. The van der Waals surface area contributed by atoms with Crippen LogP contribution in [0.5, 0.6) is 17.2 Å². The molecule has 1 amide bonds. The molecule has 10 nitrogen and oxygen atoms in total. The summed E-state index contributed by atoms with van der Waals surface area (Å²) in [6, 6.07) is 19.5. The number of phenols is 2. The van der Waals surface area contributed by atoms with Gasteiger partial charge in [-0.25, -0.2) is 0 Å². The smallest absolute Gasteiger partial charge is 0.216 e. The average molecular weight is 587 g/mol. The lowest BCUT2D eigenvalue weighted by Gasteiger charge is -2.24. The van der Waals surface area contributed by atoms with Crippen LogP contribution < -0.4 is 15.0 Å². The monoisotopic (exact) mass is 586 g/mol. The number of ether oxygens (including phenoxy) is 1. The summed E-state index contributed by atoms with van der Waals surface area (Å²) in [5.41, 5.74) is 4.68. The Labute approximate surface area is 248 Å². The number of phenolic OH excluding ortho intramolecular Hbond substituents is 2. The van der Waals surface area contributed by atoms with Gasteiger partial charge in [0.2, 0.25) is 5.91 Å². The standard InChI is InChI=1S/C18H17ClN4O.C13H14N2O3/c1-11(20)23-16-8-7-14(24-2)9-15(16)18(22-10-17(23)21)12-3-5-13(19)6-4-12;1-8(16)14-7-6-9-2-3-10-11(15-9)4-5-12(17)13(10)18/h3-9,20-21H,10H2,1-2H3;2-5,17-18H,6-7H2,1H3,(H,14,16). The van der Waals surface area contributed by atoms with Gasteiger partial charge in [0.05, 0.1) is 30.6 Å². The van der Waals surface area contributed by atoms with Gasteiger partial charge in [0, 0.05) is 47.1 Å². The highest BCUT2D eigenvalue weighted by Crippen LogP contribution is 2.33. The van der Waals surface area contributed by atoms with E-state index in [1.165, 1.54) is 13.0 Å². The summed E-state index contributed by atoms with van der Waals surface area (Å²) in [6.45, 7) is 3.85. The van der Waals surface area contributed by atoms with E-state index < -0.39 is 0 Å². The van der Waals surface area contributed by atoms with Crippen molar-refractivity contribution in [2.75, 3.05) is 25.1 Å². The van der Waals surface area contributed by atoms with Crippen LogP contribution in [0.15, 0.2) is 71.7 Å². The molecule has 42 heavy (non-hydrogen) atoms. The second-order valence-corrected chi connectivity index (χ2v) is 9.89. The van der Waals surface area contributed by atoms with Crippen LogP contribution in [0.25, 0.3) is 10.9 Å². The maximum atomic E-state index is 10.7. The second kappa shape index (κ2) is 13.1.